The van der Waals surface area contributed by atoms with E-state index in [1.807, 2.05) is 37.3 Å². The topological polar surface area (TPSA) is 125 Å². The molecule has 0 saturated carbocycles. The summed E-state index contributed by atoms with van der Waals surface area (Å²) in [5.41, 5.74) is 8.60. The van der Waals surface area contributed by atoms with Gasteiger partial charge in [-0.15, -0.1) is 0 Å². The minimum Gasteiger partial charge on any atom is -0.375 e. The second-order valence-electron chi connectivity index (χ2n) is 5.87. The van der Waals surface area contributed by atoms with Crippen molar-refractivity contribution in [3.05, 3.63) is 47.3 Å². The van der Waals surface area contributed by atoms with Crippen molar-refractivity contribution >= 4 is 17.7 Å². The molecule has 0 saturated heterocycles. The van der Waals surface area contributed by atoms with E-state index in [0.717, 1.165) is 11.4 Å². The zero-order valence-corrected chi connectivity index (χ0v) is 15.1. The van der Waals surface area contributed by atoms with E-state index in [1.54, 1.807) is 11.6 Å². The number of benzene rings is 1. The van der Waals surface area contributed by atoms with Crippen LogP contribution in [0.2, 0.25) is 0 Å². The Hall–Kier alpha value is -3.46. The normalized spacial score (nSPS) is 10.8. The Kier molecular flexibility index (Phi) is 5.04. The van der Waals surface area contributed by atoms with Gasteiger partial charge in [-0.1, -0.05) is 23.4 Å². The quantitative estimate of drug-likeness (QED) is 0.683. The molecule has 0 unspecified atom stereocenters. The maximum absolute atomic E-state index is 12.0. The van der Waals surface area contributed by atoms with Crippen molar-refractivity contribution in [2.75, 3.05) is 19.0 Å². The van der Waals surface area contributed by atoms with Crippen molar-refractivity contribution in [3.63, 3.8) is 0 Å². The third-order valence-corrected chi connectivity index (χ3v) is 4.00. The van der Waals surface area contributed by atoms with E-state index in [1.165, 1.54) is 7.11 Å². The SMILES string of the molecule is COCC(=O)Nc1onc(-c2c(C)nn(-c3ccccc3)c2C)c1C(N)=O. The fourth-order valence-corrected chi connectivity index (χ4v) is 2.87. The van der Waals surface area contributed by atoms with Gasteiger partial charge in [0.1, 0.15) is 17.9 Å². The molecule has 3 rings (SSSR count). The van der Waals surface area contributed by atoms with Crippen LogP contribution in [0.3, 0.4) is 0 Å². The number of carbonyl (C=O) groups is 2. The molecule has 1 aromatic carbocycles. The van der Waals surface area contributed by atoms with Gasteiger partial charge in [0, 0.05) is 12.7 Å². The molecule has 0 atom stereocenters. The van der Waals surface area contributed by atoms with E-state index in [9.17, 15) is 9.59 Å². The number of rotatable bonds is 6. The predicted octanol–water partition coefficient (Wildman–Crippen LogP) is 1.83. The first kappa shape index (κ1) is 18.3. The van der Waals surface area contributed by atoms with Crippen LogP contribution in [0.15, 0.2) is 34.9 Å². The van der Waals surface area contributed by atoms with Crippen molar-refractivity contribution in [1.29, 1.82) is 0 Å². The van der Waals surface area contributed by atoms with E-state index >= 15 is 0 Å². The molecule has 0 aliphatic rings. The summed E-state index contributed by atoms with van der Waals surface area (Å²) in [6.07, 6.45) is 0. The van der Waals surface area contributed by atoms with E-state index in [0.29, 0.717) is 11.3 Å². The first-order valence-corrected chi connectivity index (χ1v) is 8.14. The number of nitrogens with zero attached hydrogens (tertiary/aromatic N) is 3. The summed E-state index contributed by atoms with van der Waals surface area (Å²) in [7, 11) is 1.38. The zero-order valence-electron chi connectivity index (χ0n) is 15.1. The number of nitrogens with one attached hydrogen (secondary N) is 1. The highest BCUT2D eigenvalue weighted by Crippen LogP contribution is 2.33. The number of methoxy groups -OCH3 is 1. The molecule has 3 aromatic rings. The molecular weight excluding hydrogens is 350 g/mol. The molecule has 2 amide bonds. The smallest absolute Gasteiger partial charge is 0.256 e. The van der Waals surface area contributed by atoms with E-state index in [4.69, 9.17) is 15.0 Å². The number of aryl methyl sites for hydroxylation is 1. The molecule has 0 bridgehead atoms. The number of ether oxygens (including phenoxy) is 1. The van der Waals surface area contributed by atoms with Crippen LogP contribution in [-0.2, 0) is 9.53 Å². The second kappa shape index (κ2) is 7.42. The summed E-state index contributed by atoms with van der Waals surface area (Å²) in [6.45, 7) is 3.45. The van der Waals surface area contributed by atoms with Crippen LogP contribution in [0.5, 0.6) is 0 Å². The van der Waals surface area contributed by atoms with Crippen molar-refractivity contribution in [3.8, 4) is 16.9 Å². The van der Waals surface area contributed by atoms with E-state index in [-0.39, 0.29) is 23.7 Å². The Labute approximate surface area is 155 Å². The lowest BCUT2D eigenvalue weighted by molar-refractivity contribution is -0.119. The van der Waals surface area contributed by atoms with Gasteiger partial charge in [-0.25, -0.2) is 4.68 Å². The minimum atomic E-state index is -0.773. The fourth-order valence-electron chi connectivity index (χ4n) is 2.87. The molecule has 0 spiro atoms. The molecule has 27 heavy (non-hydrogen) atoms. The molecule has 140 valence electrons. The Morgan fingerprint density at radius 2 is 1.96 bits per heavy atom. The van der Waals surface area contributed by atoms with Crippen molar-refractivity contribution < 1.29 is 18.8 Å². The molecule has 2 aromatic heterocycles. The minimum absolute atomic E-state index is 0.0155. The summed E-state index contributed by atoms with van der Waals surface area (Å²) in [4.78, 5) is 23.8. The number of para-hydroxylation sites is 1. The number of aromatic nitrogens is 3. The maximum Gasteiger partial charge on any atom is 0.256 e. The molecular formula is C18H19N5O4. The fraction of sp³-hybridized carbons (Fsp3) is 0.222. The number of hydrogen-bond donors (Lipinski definition) is 2. The largest absolute Gasteiger partial charge is 0.375 e. The van der Waals surface area contributed by atoms with Gasteiger partial charge in [-0.3, -0.25) is 14.9 Å². The van der Waals surface area contributed by atoms with Crippen LogP contribution in [-0.4, -0.2) is 40.5 Å². The molecule has 3 N–H and O–H groups in total. The summed E-state index contributed by atoms with van der Waals surface area (Å²) in [6, 6.07) is 9.54. The van der Waals surface area contributed by atoms with E-state index < -0.39 is 11.8 Å². The van der Waals surface area contributed by atoms with Gasteiger partial charge in [0.2, 0.25) is 5.88 Å². The van der Waals surface area contributed by atoms with Gasteiger partial charge < -0.3 is 15.0 Å². The number of nitrogens with two attached hydrogens (primary N) is 1. The number of primary amides is 1. The second-order valence-corrected chi connectivity index (χ2v) is 5.87. The van der Waals surface area contributed by atoms with Gasteiger partial charge in [-0.2, -0.15) is 5.10 Å². The molecule has 9 nitrogen and oxygen atoms in total. The summed E-state index contributed by atoms with van der Waals surface area (Å²) < 4.78 is 11.7. The Morgan fingerprint density at radius 3 is 2.59 bits per heavy atom. The van der Waals surface area contributed by atoms with Crippen molar-refractivity contribution in [2.45, 2.75) is 13.8 Å². The first-order valence-electron chi connectivity index (χ1n) is 8.14. The number of carbonyl (C=O) groups excluding carboxylic acids is 2. The van der Waals surface area contributed by atoms with Gasteiger partial charge in [0.25, 0.3) is 11.8 Å². The van der Waals surface area contributed by atoms with Gasteiger partial charge in [0.15, 0.2) is 0 Å². The average molecular weight is 369 g/mol. The van der Waals surface area contributed by atoms with Crippen LogP contribution in [0, 0.1) is 13.8 Å². The Morgan fingerprint density at radius 1 is 1.26 bits per heavy atom. The van der Waals surface area contributed by atoms with Gasteiger partial charge in [0.05, 0.1) is 17.1 Å². The molecule has 0 aliphatic heterocycles. The number of anilines is 1. The molecule has 0 aliphatic carbocycles. The van der Waals surface area contributed by atoms with Gasteiger partial charge in [-0.05, 0) is 26.0 Å². The molecule has 0 radical (unpaired) electrons. The average Bonchev–Trinajstić information content (AvgIpc) is 3.16. The van der Waals surface area contributed by atoms with Crippen LogP contribution in [0.4, 0.5) is 5.88 Å². The van der Waals surface area contributed by atoms with Crippen LogP contribution >= 0.6 is 0 Å². The number of hydrogen-bond acceptors (Lipinski definition) is 6. The lowest BCUT2D eigenvalue weighted by atomic mass is 10.1. The van der Waals surface area contributed by atoms with Crippen molar-refractivity contribution in [1.82, 2.24) is 14.9 Å². The molecule has 9 heteroatoms. The third kappa shape index (κ3) is 3.44. The highest BCUT2D eigenvalue weighted by atomic mass is 16.5. The zero-order chi connectivity index (χ0) is 19.6. The highest BCUT2D eigenvalue weighted by molar-refractivity contribution is 6.06. The maximum atomic E-state index is 12.0. The van der Waals surface area contributed by atoms with E-state index in [2.05, 4.69) is 15.6 Å². The number of amides is 2. The molecule has 2 heterocycles. The standard InChI is InChI=1S/C18H19N5O4/c1-10-14(11(2)23(21-10)12-7-5-4-6-8-12)16-15(17(19)25)18(27-22-16)20-13(24)9-26-3/h4-8H,9H2,1-3H3,(H2,19,25)(H,20,24). The highest BCUT2D eigenvalue weighted by Gasteiger charge is 2.28. The van der Waals surface area contributed by atoms with Gasteiger partial charge >= 0.3 is 0 Å². The lowest BCUT2D eigenvalue weighted by Gasteiger charge is -2.05. The Balaban J connectivity index is 2.10. The monoisotopic (exact) mass is 369 g/mol. The van der Waals surface area contributed by atoms with Crippen LogP contribution in [0.1, 0.15) is 21.7 Å². The lowest BCUT2D eigenvalue weighted by Crippen LogP contribution is -2.20. The summed E-state index contributed by atoms with van der Waals surface area (Å²) in [5, 5.41) is 10.9. The summed E-state index contributed by atoms with van der Waals surface area (Å²) >= 11 is 0. The predicted molar refractivity (Wildman–Crippen MR) is 97.6 cm³/mol. The third-order valence-electron chi connectivity index (χ3n) is 4.00. The van der Waals surface area contributed by atoms with Crippen LogP contribution < -0.4 is 11.1 Å². The molecule has 0 fully saturated rings. The van der Waals surface area contributed by atoms with Crippen molar-refractivity contribution in [2.24, 2.45) is 5.73 Å². The van der Waals surface area contributed by atoms with Crippen LogP contribution in [0.25, 0.3) is 16.9 Å². The first-order chi connectivity index (χ1) is 12.9. The summed E-state index contributed by atoms with van der Waals surface area (Å²) in [5.74, 6) is -1.38. The Bertz CT molecular complexity index is 991.